The molecular formula is C14H24N4O3. The summed E-state index contributed by atoms with van der Waals surface area (Å²) < 4.78 is 1.80. The zero-order valence-electron chi connectivity index (χ0n) is 13.0. The third-order valence-electron chi connectivity index (χ3n) is 2.93. The van der Waals surface area contributed by atoms with Gasteiger partial charge in [0.1, 0.15) is 6.04 Å². The molecule has 7 nitrogen and oxygen atoms in total. The maximum absolute atomic E-state index is 11.7. The molecule has 1 heterocycles. The van der Waals surface area contributed by atoms with Crippen molar-refractivity contribution in [2.24, 2.45) is 5.92 Å². The molecule has 2 amide bonds. The highest BCUT2D eigenvalue weighted by atomic mass is 16.4. The molecule has 1 rings (SSSR count). The van der Waals surface area contributed by atoms with Gasteiger partial charge in [0, 0.05) is 12.2 Å². The second-order valence-electron chi connectivity index (χ2n) is 5.73. The van der Waals surface area contributed by atoms with Gasteiger partial charge in [0.05, 0.1) is 12.2 Å². The SMILES string of the molecule is CC(C)CC(NC(=O)NCc1ccn(C(C)C)n1)C(=O)O. The molecule has 118 valence electrons. The van der Waals surface area contributed by atoms with Crippen LogP contribution in [0, 0.1) is 5.92 Å². The zero-order chi connectivity index (χ0) is 16.0. The number of amides is 2. The highest BCUT2D eigenvalue weighted by molar-refractivity contribution is 5.82. The van der Waals surface area contributed by atoms with Crippen molar-refractivity contribution in [1.29, 1.82) is 0 Å². The Kier molecular flexibility index (Phi) is 6.20. The molecule has 0 aliphatic heterocycles. The summed E-state index contributed by atoms with van der Waals surface area (Å²) in [5, 5.41) is 18.4. The summed E-state index contributed by atoms with van der Waals surface area (Å²) in [7, 11) is 0. The Labute approximate surface area is 124 Å². The van der Waals surface area contributed by atoms with Gasteiger partial charge in [-0.05, 0) is 32.3 Å². The molecule has 21 heavy (non-hydrogen) atoms. The maximum Gasteiger partial charge on any atom is 0.326 e. The van der Waals surface area contributed by atoms with Crippen molar-refractivity contribution < 1.29 is 14.7 Å². The van der Waals surface area contributed by atoms with Crippen molar-refractivity contribution in [3.8, 4) is 0 Å². The Morgan fingerprint density at radius 2 is 2.00 bits per heavy atom. The molecule has 0 fully saturated rings. The van der Waals surface area contributed by atoms with Crippen molar-refractivity contribution in [2.45, 2.75) is 52.7 Å². The first-order valence-electron chi connectivity index (χ1n) is 7.10. The van der Waals surface area contributed by atoms with E-state index in [4.69, 9.17) is 5.11 Å². The number of aliphatic carboxylic acids is 1. The molecule has 0 aliphatic rings. The number of carboxylic acid groups (broad SMARTS) is 1. The van der Waals surface area contributed by atoms with Crippen LogP contribution in [0.15, 0.2) is 12.3 Å². The lowest BCUT2D eigenvalue weighted by atomic mass is 10.0. The summed E-state index contributed by atoms with van der Waals surface area (Å²) >= 11 is 0. The van der Waals surface area contributed by atoms with E-state index < -0.39 is 18.0 Å². The second-order valence-corrected chi connectivity index (χ2v) is 5.73. The molecule has 0 saturated heterocycles. The third kappa shape index (κ3) is 5.85. The molecule has 1 atom stereocenters. The minimum absolute atomic E-state index is 0.188. The molecule has 0 spiro atoms. The van der Waals surface area contributed by atoms with E-state index in [0.717, 1.165) is 5.69 Å². The highest BCUT2D eigenvalue weighted by Gasteiger charge is 2.20. The minimum Gasteiger partial charge on any atom is -0.480 e. The van der Waals surface area contributed by atoms with Crippen LogP contribution in [0.4, 0.5) is 4.79 Å². The van der Waals surface area contributed by atoms with Crippen LogP contribution in [-0.2, 0) is 11.3 Å². The normalized spacial score (nSPS) is 12.5. The van der Waals surface area contributed by atoms with Crippen LogP contribution in [-0.4, -0.2) is 32.9 Å². The molecule has 0 aliphatic carbocycles. The molecular weight excluding hydrogens is 272 g/mol. The molecule has 1 aromatic rings. The van der Waals surface area contributed by atoms with E-state index in [9.17, 15) is 9.59 Å². The van der Waals surface area contributed by atoms with Crippen molar-refractivity contribution in [1.82, 2.24) is 20.4 Å². The first-order valence-corrected chi connectivity index (χ1v) is 7.10. The standard InChI is InChI=1S/C14H24N4O3/c1-9(2)7-12(13(19)20)16-14(21)15-8-11-5-6-18(17-11)10(3)4/h5-6,9-10,12H,7-8H2,1-4H3,(H,19,20)(H2,15,16,21). The van der Waals surface area contributed by atoms with Crippen molar-refractivity contribution in [3.05, 3.63) is 18.0 Å². The first-order chi connectivity index (χ1) is 9.79. The predicted octanol–water partition coefficient (Wildman–Crippen LogP) is 1.76. The number of nitrogens with one attached hydrogen (secondary N) is 2. The number of carbonyl (C=O) groups excluding carboxylic acids is 1. The fraction of sp³-hybridized carbons (Fsp3) is 0.643. The number of hydrogen-bond acceptors (Lipinski definition) is 3. The lowest BCUT2D eigenvalue weighted by Gasteiger charge is -2.16. The Hall–Kier alpha value is -2.05. The van der Waals surface area contributed by atoms with E-state index in [-0.39, 0.29) is 18.5 Å². The molecule has 0 bridgehead atoms. The maximum atomic E-state index is 11.7. The average Bonchev–Trinajstić information content (AvgIpc) is 2.83. The van der Waals surface area contributed by atoms with Crippen LogP contribution in [0.1, 0.15) is 45.9 Å². The van der Waals surface area contributed by atoms with Gasteiger partial charge in [-0.2, -0.15) is 5.10 Å². The minimum atomic E-state index is -1.03. The lowest BCUT2D eigenvalue weighted by molar-refractivity contribution is -0.139. The quantitative estimate of drug-likeness (QED) is 0.714. The third-order valence-corrected chi connectivity index (χ3v) is 2.93. The fourth-order valence-electron chi connectivity index (χ4n) is 1.83. The number of urea groups is 1. The summed E-state index contributed by atoms with van der Waals surface area (Å²) in [6.07, 6.45) is 2.24. The summed E-state index contributed by atoms with van der Waals surface area (Å²) in [6, 6.07) is 0.707. The number of carboxylic acids is 1. The molecule has 7 heteroatoms. The van der Waals surface area contributed by atoms with E-state index >= 15 is 0 Å². The van der Waals surface area contributed by atoms with Gasteiger partial charge in [-0.1, -0.05) is 13.8 Å². The highest BCUT2D eigenvalue weighted by Crippen LogP contribution is 2.05. The van der Waals surface area contributed by atoms with E-state index in [1.807, 2.05) is 40.0 Å². The second kappa shape index (κ2) is 7.66. The Bertz CT molecular complexity index is 482. The number of aromatic nitrogens is 2. The summed E-state index contributed by atoms with van der Waals surface area (Å²) in [5.74, 6) is -0.837. The van der Waals surface area contributed by atoms with Crippen LogP contribution in [0.3, 0.4) is 0 Å². The number of rotatable bonds is 7. The fourth-order valence-corrected chi connectivity index (χ4v) is 1.83. The smallest absolute Gasteiger partial charge is 0.326 e. The summed E-state index contributed by atoms with van der Waals surface area (Å²) in [5.41, 5.74) is 0.731. The van der Waals surface area contributed by atoms with Gasteiger partial charge < -0.3 is 15.7 Å². The summed E-state index contributed by atoms with van der Waals surface area (Å²) in [6.45, 7) is 8.11. The van der Waals surface area contributed by atoms with Crippen molar-refractivity contribution in [2.75, 3.05) is 0 Å². The van der Waals surface area contributed by atoms with Gasteiger partial charge in [0.15, 0.2) is 0 Å². The van der Waals surface area contributed by atoms with Crippen molar-refractivity contribution >= 4 is 12.0 Å². The molecule has 0 aromatic carbocycles. The van der Waals surface area contributed by atoms with E-state index in [1.54, 1.807) is 4.68 Å². The first kappa shape index (κ1) is 17.0. The van der Waals surface area contributed by atoms with Crippen molar-refractivity contribution in [3.63, 3.8) is 0 Å². The van der Waals surface area contributed by atoms with Gasteiger partial charge in [0.25, 0.3) is 0 Å². The van der Waals surface area contributed by atoms with Gasteiger partial charge >= 0.3 is 12.0 Å². The molecule has 0 radical (unpaired) electrons. The van der Waals surface area contributed by atoms with E-state index in [0.29, 0.717) is 6.42 Å². The Morgan fingerprint density at radius 1 is 1.33 bits per heavy atom. The van der Waals surface area contributed by atoms with Crippen LogP contribution in [0.2, 0.25) is 0 Å². The average molecular weight is 296 g/mol. The molecule has 0 saturated carbocycles. The Morgan fingerprint density at radius 3 is 2.48 bits per heavy atom. The Balaban J connectivity index is 2.46. The summed E-state index contributed by atoms with van der Waals surface area (Å²) in [4.78, 5) is 22.8. The van der Waals surface area contributed by atoms with Crippen LogP contribution in [0.25, 0.3) is 0 Å². The largest absolute Gasteiger partial charge is 0.480 e. The molecule has 1 aromatic heterocycles. The monoisotopic (exact) mass is 296 g/mol. The topological polar surface area (TPSA) is 96.3 Å². The number of carbonyl (C=O) groups is 2. The van der Waals surface area contributed by atoms with E-state index in [2.05, 4.69) is 15.7 Å². The number of nitrogens with zero attached hydrogens (tertiary/aromatic N) is 2. The lowest BCUT2D eigenvalue weighted by Crippen LogP contribution is -2.46. The van der Waals surface area contributed by atoms with Crippen LogP contribution >= 0.6 is 0 Å². The van der Waals surface area contributed by atoms with Gasteiger partial charge in [-0.15, -0.1) is 0 Å². The van der Waals surface area contributed by atoms with Gasteiger partial charge in [-0.3, -0.25) is 4.68 Å². The predicted molar refractivity (Wildman–Crippen MR) is 78.9 cm³/mol. The van der Waals surface area contributed by atoms with Gasteiger partial charge in [0.2, 0.25) is 0 Å². The number of hydrogen-bond donors (Lipinski definition) is 3. The van der Waals surface area contributed by atoms with Crippen LogP contribution < -0.4 is 10.6 Å². The van der Waals surface area contributed by atoms with Crippen LogP contribution in [0.5, 0.6) is 0 Å². The van der Waals surface area contributed by atoms with E-state index in [1.165, 1.54) is 0 Å². The zero-order valence-corrected chi connectivity index (χ0v) is 13.0. The van der Waals surface area contributed by atoms with Gasteiger partial charge in [-0.25, -0.2) is 9.59 Å². The molecule has 1 unspecified atom stereocenters. The molecule has 3 N–H and O–H groups in total.